The largest absolute Gasteiger partial charge is 0.308 e. The number of pyridine rings is 1. The molecule has 1 atom stereocenters. The van der Waals surface area contributed by atoms with Gasteiger partial charge in [-0.25, -0.2) is 0 Å². The van der Waals surface area contributed by atoms with Crippen molar-refractivity contribution >= 4 is 10.8 Å². The molecule has 0 radical (unpaired) electrons. The highest BCUT2D eigenvalue weighted by molar-refractivity contribution is 5.84. The van der Waals surface area contributed by atoms with Gasteiger partial charge in [0.2, 0.25) is 0 Å². The molecule has 108 valence electrons. The van der Waals surface area contributed by atoms with Crippen molar-refractivity contribution in [1.82, 2.24) is 15.2 Å². The van der Waals surface area contributed by atoms with Crippen LogP contribution >= 0.6 is 0 Å². The van der Waals surface area contributed by atoms with Gasteiger partial charge in [0, 0.05) is 36.9 Å². The van der Waals surface area contributed by atoms with E-state index in [1.54, 1.807) is 0 Å². The summed E-state index contributed by atoms with van der Waals surface area (Å²) in [5, 5.41) is 6.20. The Kier molecular flexibility index (Phi) is 5.10. The minimum absolute atomic E-state index is 0.502. The average Bonchev–Trinajstić information content (AvgIpc) is 2.42. The van der Waals surface area contributed by atoms with Crippen molar-refractivity contribution in [3.8, 4) is 0 Å². The maximum atomic E-state index is 4.19. The van der Waals surface area contributed by atoms with Gasteiger partial charge in [0.15, 0.2) is 0 Å². The van der Waals surface area contributed by atoms with Gasteiger partial charge in [-0.15, -0.1) is 0 Å². The molecule has 0 spiro atoms. The summed E-state index contributed by atoms with van der Waals surface area (Å²) in [4.78, 5) is 6.43. The molecule has 20 heavy (non-hydrogen) atoms. The zero-order chi connectivity index (χ0) is 14.5. The van der Waals surface area contributed by atoms with Gasteiger partial charge in [-0.1, -0.05) is 32.0 Å². The van der Waals surface area contributed by atoms with Crippen LogP contribution in [0.3, 0.4) is 0 Å². The highest BCUT2D eigenvalue weighted by atomic mass is 15.1. The van der Waals surface area contributed by atoms with Gasteiger partial charge in [-0.2, -0.15) is 0 Å². The molecule has 0 bridgehead atoms. The first-order valence-electron chi connectivity index (χ1n) is 7.27. The van der Waals surface area contributed by atoms with Gasteiger partial charge in [0.25, 0.3) is 0 Å². The molecule has 3 heteroatoms. The van der Waals surface area contributed by atoms with Gasteiger partial charge < -0.3 is 10.2 Å². The summed E-state index contributed by atoms with van der Waals surface area (Å²) >= 11 is 0. The quantitative estimate of drug-likeness (QED) is 0.875. The number of nitrogens with one attached hydrogen (secondary N) is 1. The maximum absolute atomic E-state index is 4.19. The zero-order valence-electron chi connectivity index (χ0n) is 12.9. The number of hydrogen-bond donors (Lipinski definition) is 1. The third kappa shape index (κ3) is 3.78. The summed E-state index contributed by atoms with van der Waals surface area (Å²) in [5.41, 5.74) is 1.34. The first-order chi connectivity index (χ1) is 9.58. The predicted octanol–water partition coefficient (Wildman–Crippen LogP) is 2.91. The Balaban J connectivity index is 2.11. The van der Waals surface area contributed by atoms with E-state index in [0.717, 1.165) is 13.1 Å². The lowest BCUT2D eigenvalue weighted by Gasteiger charge is -2.26. The lowest BCUT2D eigenvalue weighted by atomic mass is 10.0. The second kappa shape index (κ2) is 6.82. The Bertz CT molecular complexity index is 543. The normalized spacial score (nSPS) is 13.3. The summed E-state index contributed by atoms with van der Waals surface area (Å²) in [7, 11) is 4.25. The monoisotopic (exact) mass is 271 g/mol. The Labute approximate surface area is 122 Å². The van der Waals surface area contributed by atoms with Crippen LogP contribution in [0.5, 0.6) is 0 Å². The van der Waals surface area contributed by atoms with Crippen molar-refractivity contribution in [2.75, 3.05) is 20.6 Å². The predicted molar refractivity (Wildman–Crippen MR) is 85.8 cm³/mol. The molecule has 1 N–H and O–H groups in total. The molecular weight excluding hydrogens is 246 g/mol. The third-order valence-electron chi connectivity index (χ3n) is 3.69. The standard InChI is InChI=1S/C17H25N3/c1-13(2)17(12-20(3)4)19-11-15-7-5-6-14-10-18-9-8-16(14)15/h5-10,13,17,19H,11-12H2,1-4H3. The van der Waals surface area contributed by atoms with Crippen LogP contribution in [0.15, 0.2) is 36.7 Å². The fourth-order valence-corrected chi connectivity index (χ4v) is 2.49. The van der Waals surface area contributed by atoms with Gasteiger partial charge in [-0.3, -0.25) is 4.98 Å². The van der Waals surface area contributed by atoms with Crippen LogP contribution in [-0.2, 0) is 6.54 Å². The minimum Gasteiger partial charge on any atom is -0.308 e. The van der Waals surface area contributed by atoms with Crippen LogP contribution in [0.2, 0.25) is 0 Å². The second-order valence-corrected chi connectivity index (χ2v) is 6.01. The molecule has 0 saturated carbocycles. The summed E-state index contributed by atoms with van der Waals surface area (Å²) in [6, 6.07) is 9.02. The molecule has 0 amide bonds. The van der Waals surface area contributed by atoms with Crippen molar-refractivity contribution in [3.05, 3.63) is 42.2 Å². The molecule has 1 aromatic heterocycles. The van der Waals surface area contributed by atoms with E-state index in [1.807, 2.05) is 12.4 Å². The molecule has 2 aromatic rings. The smallest absolute Gasteiger partial charge is 0.0346 e. The van der Waals surface area contributed by atoms with Gasteiger partial charge in [0.1, 0.15) is 0 Å². The van der Waals surface area contributed by atoms with Crippen molar-refractivity contribution < 1.29 is 0 Å². The highest BCUT2D eigenvalue weighted by Crippen LogP contribution is 2.17. The fraction of sp³-hybridized carbons (Fsp3) is 0.471. The number of hydrogen-bond acceptors (Lipinski definition) is 3. The Morgan fingerprint density at radius 1 is 1.20 bits per heavy atom. The molecule has 3 nitrogen and oxygen atoms in total. The van der Waals surface area contributed by atoms with Crippen LogP contribution in [0, 0.1) is 5.92 Å². The molecule has 2 rings (SSSR count). The first kappa shape index (κ1) is 14.9. The first-order valence-corrected chi connectivity index (χ1v) is 7.27. The molecule has 1 unspecified atom stereocenters. The maximum Gasteiger partial charge on any atom is 0.0346 e. The van der Waals surface area contributed by atoms with Crippen molar-refractivity contribution in [3.63, 3.8) is 0 Å². The topological polar surface area (TPSA) is 28.2 Å². The van der Waals surface area contributed by atoms with Crippen molar-refractivity contribution in [2.24, 2.45) is 5.92 Å². The Morgan fingerprint density at radius 3 is 2.70 bits per heavy atom. The lowest BCUT2D eigenvalue weighted by Crippen LogP contribution is -2.41. The number of likely N-dealkylation sites (N-methyl/N-ethyl adjacent to an activating group) is 1. The zero-order valence-corrected chi connectivity index (χ0v) is 12.9. The molecule has 1 heterocycles. The van der Waals surface area contributed by atoms with E-state index in [-0.39, 0.29) is 0 Å². The summed E-state index contributed by atoms with van der Waals surface area (Å²) in [5.74, 6) is 0.619. The summed E-state index contributed by atoms with van der Waals surface area (Å²) in [6.45, 7) is 6.50. The van der Waals surface area contributed by atoms with Crippen LogP contribution in [-0.4, -0.2) is 36.6 Å². The van der Waals surface area contributed by atoms with Crippen LogP contribution in [0.4, 0.5) is 0 Å². The van der Waals surface area contributed by atoms with E-state index in [9.17, 15) is 0 Å². The third-order valence-corrected chi connectivity index (χ3v) is 3.69. The number of aromatic nitrogens is 1. The molecule has 1 aromatic carbocycles. The summed E-state index contributed by atoms with van der Waals surface area (Å²) < 4.78 is 0. The molecule has 0 fully saturated rings. The number of nitrogens with zero attached hydrogens (tertiary/aromatic N) is 2. The van der Waals surface area contributed by atoms with Crippen LogP contribution < -0.4 is 5.32 Å². The lowest BCUT2D eigenvalue weighted by molar-refractivity contribution is 0.288. The van der Waals surface area contributed by atoms with Gasteiger partial charge in [-0.05, 0) is 37.0 Å². The minimum atomic E-state index is 0.502. The summed E-state index contributed by atoms with van der Waals surface area (Å²) in [6.07, 6.45) is 3.80. The van der Waals surface area contributed by atoms with E-state index in [0.29, 0.717) is 12.0 Å². The van der Waals surface area contributed by atoms with E-state index in [2.05, 4.69) is 67.4 Å². The van der Waals surface area contributed by atoms with Crippen LogP contribution in [0.1, 0.15) is 19.4 Å². The highest BCUT2D eigenvalue weighted by Gasteiger charge is 2.14. The second-order valence-electron chi connectivity index (χ2n) is 6.01. The fourth-order valence-electron chi connectivity index (χ4n) is 2.49. The van der Waals surface area contributed by atoms with E-state index < -0.39 is 0 Å². The molecule has 0 aliphatic carbocycles. The molecule has 0 aliphatic rings. The SMILES string of the molecule is CC(C)C(CN(C)C)NCc1cccc2cnccc12. The van der Waals surface area contributed by atoms with Crippen molar-refractivity contribution in [1.29, 1.82) is 0 Å². The Morgan fingerprint density at radius 2 is 2.00 bits per heavy atom. The van der Waals surface area contributed by atoms with Gasteiger partial charge >= 0.3 is 0 Å². The average molecular weight is 271 g/mol. The van der Waals surface area contributed by atoms with Crippen molar-refractivity contribution in [2.45, 2.75) is 26.4 Å². The van der Waals surface area contributed by atoms with E-state index >= 15 is 0 Å². The number of benzene rings is 1. The van der Waals surface area contributed by atoms with E-state index in [4.69, 9.17) is 0 Å². The molecule has 0 saturated heterocycles. The number of fused-ring (bicyclic) bond motifs is 1. The van der Waals surface area contributed by atoms with Gasteiger partial charge in [0.05, 0.1) is 0 Å². The molecular formula is C17H25N3. The van der Waals surface area contributed by atoms with E-state index in [1.165, 1.54) is 16.3 Å². The number of rotatable bonds is 6. The molecule has 0 aliphatic heterocycles. The van der Waals surface area contributed by atoms with Crippen LogP contribution in [0.25, 0.3) is 10.8 Å². The Hall–Kier alpha value is -1.45.